The van der Waals surface area contributed by atoms with Crippen LogP contribution in [0.4, 0.5) is 10.2 Å². The molecule has 0 bridgehead atoms. The highest BCUT2D eigenvalue weighted by Gasteiger charge is 2.11. The highest BCUT2D eigenvalue weighted by Crippen LogP contribution is 2.25. The van der Waals surface area contributed by atoms with E-state index in [-0.39, 0.29) is 5.82 Å². The van der Waals surface area contributed by atoms with Crippen LogP contribution in [0.5, 0.6) is 5.75 Å². The van der Waals surface area contributed by atoms with Crippen LogP contribution >= 0.6 is 0 Å². The lowest BCUT2D eigenvalue weighted by atomic mass is 10.1. The summed E-state index contributed by atoms with van der Waals surface area (Å²) in [6.07, 6.45) is 3.98. The molecule has 2 N–H and O–H groups in total. The van der Waals surface area contributed by atoms with Crippen LogP contribution in [0, 0.1) is 5.82 Å². The summed E-state index contributed by atoms with van der Waals surface area (Å²) < 4.78 is 23.9. The second-order valence-corrected chi connectivity index (χ2v) is 6.20. The van der Waals surface area contributed by atoms with Gasteiger partial charge in [-0.1, -0.05) is 11.2 Å². The Morgan fingerprint density at radius 3 is 2.61 bits per heavy atom. The molecule has 0 aliphatic carbocycles. The van der Waals surface area contributed by atoms with Gasteiger partial charge in [-0.25, -0.2) is 9.37 Å². The average Bonchev–Trinajstić information content (AvgIpc) is 3.17. The van der Waals surface area contributed by atoms with Gasteiger partial charge in [-0.05, 0) is 48.0 Å². The predicted molar refractivity (Wildman–Crippen MR) is 102 cm³/mol. The molecule has 4 rings (SSSR count). The summed E-state index contributed by atoms with van der Waals surface area (Å²) in [5.74, 6) is 1.28. The van der Waals surface area contributed by atoms with Gasteiger partial charge in [0.05, 0.1) is 17.0 Å². The summed E-state index contributed by atoms with van der Waals surface area (Å²) in [5, 5.41) is 4.09. The monoisotopic (exact) mass is 376 g/mol. The molecule has 0 aliphatic rings. The first-order chi connectivity index (χ1) is 13.7. The van der Waals surface area contributed by atoms with Gasteiger partial charge in [-0.2, -0.15) is 0 Å². The highest BCUT2D eigenvalue weighted by atomic mass is 19.1. The van der Waals surface area contributed by atoms with Crippen molar-refractivity contribution >= 4 is 5.82 Å². The first-order valence-corrected chi connectivity index (χ1v) is 8.66. The van der Waals surface area contributed by atoms with E-state index in [9.17, 15) is 4.39 Å². The van der Waals surface area contributed by atoms with E-state index in [0.717, 1.165) is 17.0 Å². The molecular formula is C21H17FN4O2. The van der Waals surface area contributed by atoms with E-state index in [0.29, 0.717) is 35.9 Å². The summed E-state index contributed by atoms with van der Waals surface area (Å²) in [4.78, 5) is 8.45. The van der Waals surface area contributed by atoms with Crippen LogP contribution in [0.1, 0.15) is 17.0 Å². The molecule has 6 nitrogen and oxygen atoms in total. The third-order valence-electron chi connectivity index (χ3n) is 4.13. The van der Waals surface area contributed by atoms with Crippen molar-refractivity contribution in [2.75, 3.05) is 5.73 Å². The number of hydrogen-bond donors (Lipinski definition) is 1. The Hall–Kier alpha value is -3.74. The number of benzene rings is 1. The molecule has 0 atom stereocenters. The third kappa shape index (κ3) is 4.15. The number of ether oxygens (including phenoxy) is 1. The zero-order valence-electron chi connectivity index (χ0n) is 14.9. The molecule has 140 valence electrons. The quantitative estimate of drug-likeness (QED) is 0.547. The maximum Gasteiger partial charge on any atom is 0.170 e. The van der Waals surface area contributed by atoms with Crippen molar-refractivity contribution in [3.05, 3.63) is 89.8 Å². The fourth-order valence-electron chi connectivity index (χ4n) is 2.69. The van der Waals surface area contributed by atoms with E-state index < -0.39 is 0 Å². The molecule has 0 unspecified atom stereocenters. The zero-order chi connectivity index (χ0) is 19.3. The Balaban J connectivity index is 1.38. The van der Waals surface area contributed by atoms with Gasteiger partial charge < -0.3 is 15.0 Å². The van der Waals surface area contributed by atoms with E-state index in [1.54, 1.807) is 30.6 Å². The molecule has 4 aromatic rings. The van der Waals surface area contributed by atoms with Gasteiger partial charge >= 0.3 is 0 Å². The number of pyridine rings is 2. The number of aromatic nitrogens is 3. The molecule has 0 saturated heterocycles. The molecular weight excluding hydrogens is 359 g/mol. The zero-order valence-corrected chi connectivity index (χ0v) is 14.9. The number of rotatable bonds is 6. The van der Waals surface area contributed by atoms with Gasteiger partial charge in [-0.3, -0.25) is 4.98 Å². The molecule has 0 amide bonds. The standard InChI is InChI=1S/C21H17FN4O2/c22-15-4-7-18(8-5-15)27-13-16-6-3-14(12-25-16)10-17-11-20(28-26-17)19-2-1-9-24-21(19)23/h1-9,11-12H,10,13H2,(H2,23,24). The van der Waals surface area contributed by atoms with Crippen molar-refractivity contribution < 1.29 is 13.7 Å². The van der Waals surface area contributed by atoms with Crippen molar-refractivity contribution in [2.45, 2.75) is 13.0 Å². The molecule has 0 aliphatic heterocycles. The summed E-state index contributed by atoms with van der Waals surface area (Å²) >= 11 is 0. The van der Waals surface area contributed by atoms with E-state index in [1.807, 2.05) is 24.3 Å². The van der Waals surface area contributed by atoms with Gasteiger partial charge in [0.2, 0.25) is 0 Å². The lowest BCUT2D eigenvalue weighted by Crippen LogP contribution is -1.99. The number of hydrogen-bond acceptors (Lipinski definition) is 6. The molecule has 3 aromatic heterocycles. The van der Waals surface area contributed by atoms with Crippen LogP contribution in [-0.2, 0) is 13.0 Å². The Bertz CT molecular complexity index is 1060. The molecule has 7 heteroatoms. The van der Waals surface area contributed by atoms with Crippen molar-refractivity contribution in [2.24, 2.45) is 0 Å². The number of nitrogen functional groups attached to an aromatic ring is 1. The Labute approximate surface area is 160 Å². The lowest BCUT2D eigenvalue weighted by molar-refractivity contribution is 0.301. The van der Waals surface area contributed by atoms with E-state index in [1.165, 1.54) is 12.1 Å². The molecule has 3 heterocycles. The minimum atomic E-state index is -0.294. The van der Waals surface area contributed by atoms with E-state index >= 15 is 0 Å². The maximum atomic E-state index is 12.9. The van der Waals surface area contributed by atoms with Gasteiger partial charge in [0.25, 0.3) is 0 Å². The van der Waals surface area contributed by atoms with E-state index in [4.69, 9.17) is 15.0 Å². The third-order valence-corrected chi connectivity index (χ3v) is 4.13. The fourth-order valence-corrected chi connectivity index (χ4v) is 2.69. The first-order valence-electron chi connectivity index (χ1n) is 8.66. The van der Waals surface area contributed by atoms with Gasteiger partial charge in [-0.15, -0.1) is 0 Å². The molecule has 0 spiro atoms. The predicted octanol–water partition coefficient (Wildman–Crippen LogP) is 4.02. The Kier molecular flexibility index (Phi) is 4.97. The summed E-state index contributed by atoms with van der Waals surface area (Å²) in [6, 6.07) is 15.2. The van der Waals surface area contributed by atoms with Crippen molar-refractivity contribution in [3.63, 3.8) is 0 Å². The van der Waals surface area contributed by atoms with Crippen LogP contribution in [0.3, 0.4) is 0 Å². The molecule has 0 saturated carbocycles. The van der Waals surface area contributed by atoms with E-state index in [2.05, 4.69) is 15.1 Å². The van der Waals surface area contributed by atoms with Crippen LogP contribution in [0.25, 0.3) is 11.3 Å². The maximum absolute atomic E-state index is 12.9. The number of nitrogens with two attached hydrogens (primary N) is 1. The smallest absolute Gasteiger partial charge is 0.170 e. The number of halogens is 1. The molecule has 0 radical (unpaired) electrons. The van der Waals surface area contributed by atoms with Crippen LogP contribution in [0.15, 0.2) is 71.5 Å². The van der Waals surface area contributed by atoms with Crippen molar-refractivity contribution in [3.8, 4) is 17.1 Å². The largest absolute Gasteiger partial charge is 0.487 e. The van der Waals surface area contributed by atoms with Crippen LogP contribution in [-0.4, -0.2) is 15.1 Å². The Morgan fingerprint density at radius 1 is 1.00 bits per heavy atom. The first kappa shape index (κ1) is 17.7. The van der Waals surface area contributed by atoms with Crippen LogP contribution < -0.4 is 10.5 Å². The minimum absolute atomic E-state index is 0.294. The highest BCUT2D eigenvalue weighted by molar-refractivity contribution is 5.69. The second-order valence-electron chi connectivity index (χ2n) is 6.20. The van der Waals surface area contributed by atoms with Gasteiger partial charge in [0.15, 0.2) is 5.76 Å². The second kappa shape index (κ2) is 7.87. The topological polar surface area (TPSA) is 87.1 Å². The molecule has 0 fully saturated rings. The lowest BCUT2D eigenvalue weighted by Gasteiger charge is -2.06. The summed E-state index contributed by atoms with van der Waals surface area (Å²) in [7, 11) is 0. The van der Waals surface area contributed by atoms with Crippen LogP contribution in [0.2, 0.25) is 0 Å². The van der Waals surface area contributed by atoms with Crippen molar-refractivity contribution in [1.82, 2.24) is 15.1 Å². The minimum Gasteiger partial charge on any atom is -0.487 e. The fraction of sp³-hybridized carbons (Fsp3) is 0.0952. The molecule has 1 aromatic carbocycles. The summed E-state index contributed by atoms with van der Waals surface area (Å²) in [6.45, 7) is 0.306. The number of nitrogens with zero attached hydrogens (tertiary/aromatic N) is 3. The normalized spacial score (nSPS) is 10.8. The van der Waals surface area contributed by atoms with Gasteiger partial charge in [0.1, 0.15) is 24.0 Å². The SMILES string of the molecule is Nc1ncccc1-c1cc(Cc2ccc(COc3ccc(F)cc3)nc2)no1. The van der Waals surface area contributed by atoms with Gasteiger partial charge in [0, 0.05) is 24.9 Å². The molecule has 28 heavy (non-hydrogen) atoms. The average molecular weight is 376 g/mol. The number of anilines is 1. The Morgan fingerprint density at radius 2 is 1.86 bits per heavy atom. The summed E-state index contributed by atoms with van der Waals surface area (Å²) in [5.41, 5.74) is 9.12. The van der Waals surface area contributed by atoms with Crippen molar-refractivity contribution in [1.29, 1.82) is 0 Å².